The maximum atomic E-state index is 11.2. The molecule has 24 heavy (non-hydrogen) atoms. The zero-order valence-corrected chi connectivity index (χ0v) is 12.9. The second-order valence-electron chi connectivity index (χ2n) is 5.10. The first-order valence-corrected chi connectivity index (χ1v) is 7.26. The van der Waals surface area contributed by atoms with E-state index in [1.807, 2.05) is 29.9 Å². The lowest BCUT2D eigenvalue weighted by molar-refractivity contribution is -0.120. The molecule has 3 heterocycles. The molecule has 0 saturated carbocycles. The minimum Gasteiger partial charge on any atom is -0.334 e. The van der Waals surface area contributed by atoms with Gasteiger partial charge in [-0.05, 0) is 24.3 Å². The lowest BCUT2D eigenvalue weighted by Crippen LogP contribution is -2.35. The molecule has 0 radical (unpaired) electrons. The monoisotopic (exact) mass is 324 g/mol. The fourth-order valence-electron chi connectivity index (χ4n) is 2.23. The van der Waals surface area contributed by atoms with E-state index >= 15 is 0 Å². The van der Waals surface area contributed by atoms with Gasteiger partial charge in [0.15, 0.2) is 0 Å². The van der Waals surface area contributed by atoms with Crippen LogP contribution < -0.4 is 10.8 Å². The average molecular weight is 324 g/mol. The number of hydrogen-bond donors (Lipinski definition) is 3. The molecular formula is C16H16N6O2. The van der Waals surface area contributed by atoms with Gasteiger partial charge in [0.2, 0.25) is 5.91 Å². The summed E-state index contributed by atoms with van der Waals surface area (Å²) in [6, 6.07) is 9.07. The molecule has 0 aromatic carbocycles. The molecule has 0 spiro atoms. The van der Waals surface area contributed by atoms with E-state index < -0.39 is 6.17 Å². The molecule has 1 atom stereocenters. The minimum atomic E-state index is -0.782. The molecule has 8 heteroatoms. The molecule has 0 saturated heterocycles. The Morgan fingerprint density at radius 1 is 1.25 bits per heavy atom. The quantitative estimate of drug-likeness (QED) is 0.484. The number of pyridine rings is 2. The van der Waals surface area contributed by atoms with Crippen LogP contribution in [0.5, 0.6) is 0 Å². The first kappa shape index (κ1) is 15.8. The zero-order valence-electron chi connectivity index (χ0n) is 12.9. The molecule has 0 bridgehead atoms. The van der Waals surface area contributed by atoms with Crippen molar-refractivity contribution in [2.75, 3.05) is 0 Å². The average Bonchev–Trinajstić information content (AvgIpc) is 3.10. The molecule has 3 aromatic heterocycles. The summed E-state index contributed by atoms with van der Waals surface area (Å²) in [5.74, 6) is -0.279. The van der Waals surface area contributed by atoms with Gasteiger partial charge in [-0.3, -0.25) is 9.78 Å². The van der Waals surface area contributed by atoms with Crippen molar-refractivity contribution in [2.45, 2.75) is 13.1 Å². The molecule has 0 aliphatic carbocycles. The SMILES string of the molecule is CC(=O)NC(NO)c1cccc(-c2cnn(-c3cccnc3)c2)n1. The maximum absolute atomic E-state index is 11.2. The van der Waals surface area contributed by atoms with E-state index in [-0.39, 0.29) is 5.91 Å². The molecule has 3 aromatic rings. The van der Waals surface area contributed by atoms with E-state index in [1.54, 1.807) is 35.4 Å². The van der Waals surface area contributed by atoms with Gasteiger partial charge in [0.1, 0.15) is 6.17 Å². The molecule has 8 nitrogen and oxygen atoms in total. The summed E-state index contributed by atoms with van der Waals surface area (Å²) in [5.41, 5.74) is 4.84. The van der Waals surface area contributed by atoms with Crippen molar-refractivity contribution < 1.29 is 10.0 Å². The van der Waals surface area contributed by atoms with Crippen LogP contribution >= 0.6 is 0 Å². The molecule has 0 aliphatic heterocycles. The summed E-state index contributed by atoms with van der Waals surface area (Å²) in [7, 11) is 0. The van der Waals surface area contributed by atoms with Gasteiger partial charge < -0.3 is 10.5 Å². The Labute approximate surface area is 138 Å². The van der Waals surface area contributed by atoms with Crippen molar-refractivity contribution in [3.63, 3.8) is 0 Å². The van der Waals surface area contributed by atoms with Gasteiger partial charge in [0.05, 0.1) is 29.5 Å². The van der Waals surface area contributed by atoms with Crippen molar-refractivity contribution in [1.82, 2.24) is 30.5 Å². The number of hydrogen-bond acceptors (Lipinski definition) is 6. The third-order valence-electron chi connectivity index (χ3n) is 3.33. The minimum absolute atomic E-state index is 0.279. The number of nitrogens with zero attached hydrogens (tertiary/aromatic N) is 4. The van der Waals surface area contributed by atoms with Gasteiger partial charge in [-0.2, -0.15) is 10.6 Å². The van der Waals surface area contributed by atoms with Crippen molar-refractivity contribution in [3.8, 4) is 16.9 Å². The first-order chi connectivity index (χ1) is 11.7. The van der Waals surface area contributed by atoms with E-state index in [0.29, 0.717) is 11.4 Å². The molecule has 1 unspecified atom stereocenters. The topological polar surface area (TPSA) is 105 Å². The fourth-order valence-corrected chi connectivity index (χ4v) is 2.23. The van der Waals surface area contributed by atoms with E-state index in [1.165, 1.54) is 6.92 Å². The third kappa shape index (κ3) is 3.45. The predicted molar refractivity (Wildman–Crippen MR) is 86.1 cm³/mol. The van der Waals surface area contributed by atoms with Crippen molar-refractivity contribution in [2.24, 2.45) is 0 Å². The molecule has 0 aliphatic rings. The van der Waals surface area contributed by atoms with Crippen LogP contribution in [0.2, 0.25) is 0 Å². The number of aromatic nitrogens is 4. The number of nitrogens with one attached hydrogen (secondary N) is 2. The predicted octanol–water partition coefficient (Wildman–Crippen LogP) is 1.44. The van der Waals surface area contributed by atoms with Crippen LogP contribution in [0.15, 0.2) is 55.1 Å². The Balaban J connectivity index is 1.89. The van der Waals surface area contributed by atoms with Crippen LogP contribution in [0.25, 0.3) is 16.9 Å². The van der Waals surface area contributed by atoms with Gasteiger partial charge in [0.25, 0.3) is 0 Å². The first-order valence-electron chi connectivity index (χ1n) is 7.26. The summed E-state index contributed by atoms with van der Waals surface area (Å²) in [6.07, 6.45) is 6.16. The second kappa shape index (κ2) is 6.99. The van der Waals surface area contributed by atoms with Gasteiger partial charge >= 0.3 is 0 Å². The Kier molecular flexibility index (Phi) is 4.59. The number of rotatable bonds is 5. The van der Waals surface area contributed by atoms with E-state index in [0.717, 1.165) is 11.3 Å². The van der Waals surface area contributed by atoms with Crippen molar-refractivity contribution >= 4 is 5.91 Å². The fraction of sp³-hybridized carbons (Fsp3) is 0.125. The second-order valence-corrected chi connectivity index (χ2v) is 5.10. The summed E-state index contributed by atoms with van der Waals surface area (Å²) in [6.45, 7) is 1.37. The molecule has 3 rings (SSSR count). The van der Waals surface area contributed by atoms with Crippen LogP contribution in [0, 0.1) is 0 Å². The molecule has 122 valence electrons. The van der Waals surface area contributed by atoms with E-state index in [9.17, 15) is 10.0 Å². The highest BCUT2D eigenvalue weighted by atomic mass is 16.5. The number of carbonyl (C=O) groups is 1. The van der Waals surface area contributed by atoms with Crippen LogP contribution in [-0.2, 0) is 4.79 Å². The highest BCUT2D eigenvalue weighted by Gasteiger charge is 2.14. The Morgan fingerprint density at radius 3 is 2.83 bits per heavy atom. The molecule has 3 N–H and O–H groups in total. The Morgan fingerprint density at radius 2 is 2.12 bits per heavy atom. The van der Waals surface area contributed by atoms with Crippen LogP contribution in [0.3, 0.4) is 0 Å². The maximum Gasteiger partial charge on any atom is 0.218 e. The van der Waals surface area contributed by atoms with Gasteiger partial charge in [-0.25, -0.2) is 9.67 Å². The summed E-state index contributed by atoms with van der Waals surface area (Å²) < 4.78 is 1.70. The van der Waals surface area contributed by atoms with Crippen LogP contribution in [0.1, 0.15) is 18.8 Å². The smallest absolute Gasteiger partial charge is 0.218 e. The van der Waals surface area contributed by atoms with Crippen LogP contribution in [-0.4, -0.2) is 30.9 Å². The third-order valence-corrected chi connectivity index (χ3v) is 3.33. The summed E-state index contributed by atoms with van der Waals surface area (Å²) in [5, 5.41) is 16.1. The lowest BCUT2D eigenvalue weighted by atomic mass is 10.2. The van der Waals surface area contributed by atoms with Gasteiger partial charge in [-0.15, -0.1) is 0 Å². The van der Waals surface area contributed by atoms with Crippen LogP contribution in [0.4, 0.5) is 0 Å². The molecule has 1 amide bonds. The number of amides is 1. The highest BCUT2D eigenvalue weighted by molar-refractivity contribution is 5.73. The number of carbonyl (C=O) groups excluding carboxylic acids is 1. The van der Waals surface area contributed by atoms with Crippen molar-refractivity contribution in [3.05, 3.63) is 60.8 Å². The Bertz CT molecular complexity index is 833. The molecular weight excluding hydrogens is 308 g/mol. The van der Waals surface area contributed by atoms with Gasteiger partial charge in [0, 0.05) is 24.9 Å². The Hall–Kier alpha value is -3.10. The van der Waals surface area contributed by atoms with E-state index in [4.69, 9.17) is 0 Å². The highest BCUT2D eigenvalue weighted by Crippen LogP contribution is 2.19. The van der Waals surface area contributed by atoms with Gasteiger partial charge in [-0.1, -0.05) is 6.07 Å². The molecule has 0 fully saturated rings. The standard InChI is InChI=1S/C16H16N6O2/c1-11(23)19-16(21-24)15-6-2-5-14(20-15)12-8-18-22(10-12)13-4-3-7-17-9-13/h2-10,16,21,24H,1H3,(H,19,23). The largest absolute Gasteiger partial charge is 0.334 e. The normalized spacial score (nSPS) is 11.9. The number of hydroxylamine groups is 1. The van der Waals surface area contributed by atoms with Crippen molar-refractivity contribution in [1.29, 1.82) is 0 Å². The summed E-state index contributed by atoms with van der Waals surface area (Å²) >= 11 is 0. The van der Waals surface area contributed by atoms with E-state index in [2.05, 4.69) is 20.4 Å². The zero-order chi connectivity index (χ0) is 16.9. The summed E-state index contributed by atoms with van der Waals surface area (Å²) in [4.78, 5) is 19.7. The lowest BCUT2D eigenvalue weighted by Gasteiger charge is -2.15.